The molecule has 0 radical (unpaired) electrons. The molecule has 2 aliphatic heterocycles. The van der Waals surface area contributed by atoms with Crippen molar-refractivity contribution < 1.29 is 19.0 Å². The van der Waals surface area contributed by atoms with Crippen LogP contribution in [0.15, 0.2) is 60.7 Å². The van der Waals surface area contributed by atoms with Crippen LogP contribution in [0.1, 0.15) is 17.5 Å². The molecule has 1 N–H and O–H groups in total. The molecule has 2 aliphatic rings. The van der Waals surface area contributed by atoms with Crippen molar-refractivity contribution in [2.24, 2.45) is 0 Å². The molecule has 0 aliphatic carbocycles. The molecule has 4 nitrogen and oxygen atoms in total. The van der Waals surface area contributed by atoms with E-state index < -0.39 is 6.10 Å². The van der Waals surface area contributed by atoms with Gasteiger partial charge in [-0.2, -0.15) is 0 Å². The Labute approximate surface area is 181 Å². The number of halogens is 1. The fourth-order valence-corrected chi connectivity index (χ4v) is 4.42. The fraction of sp³-hybridized carbons (Fsp3) is 0.308. The summed E-state index contributed by atoms with van der Waals surface area (Å²) >= 11 is 0. The molecule has 0 bridgehead atoms. The third kappa shape index (κ3) is 4.43. The van der Waals surface area contributed by atoms with Gasteiger partial charge in [0.25, 0.3) is 0 Å². The molecule has 0 amide bonds. The SMILES string of the molecule is OC(COc1cccc2c1CCO2)CN1CC=C(c2ccc3cc(F)ccc3c2)CC1. The molecule has 1 unspecified atom stereocenters. The average Bonchev–Trinajstić information content (AvgIpc) is 3.27. The monoisotopic (exact) mass is 419 g/mol. The summed E-state index contributed by atoms with van der Waals surface area (Å²) in [4.78, 5) is 2.24. The van der Waals surface area contributed by atoms with E-state index in [2.05, 4.69) is 23.1 Å². The molecule has 160 valence electrons. The van der Waals surface area contributed by atoms with E-state index in [1.807, 2.05) is 30.3 Å². The van der Waals surface area contributed by atoms with E-state index >= 15 is 0 Å². The second-order valence-corrected chi connectivity index (χ2v) is 8.24. The number of hydrogen-bond acceptors (Lipinski definition) is 4. The van der Waals surface area contributed by atoms with Crippen LogP contribution < -0.4 is 9.47 Å². The molecule has 3 aromatic rings. The number of benzene rings is 3. The Bertz CT molecular complexity index is 1130. The lowest BCUT2D eigenvalue weighted by Crippen LogP contribution is -2.38. The van der Waals surface area contributed by atoms with E-state index in [9.17, 15) is 9.50 Å². The Morgan fingerprint density at radius 3 is 2.81 bits per heavy atom. The van der Waals surface area contributed by atoms with Crippen LogP contribution in [0.2, 0.25) is 0 Å². The summed E-state index contributed by atoms with van der Waals surface area (Å²) in [5.41, 5.74) is 3.58. The minimum atomic E-state index is -0.552. The zero-order chi connectivity index (χ0) is 21.2. The van der Waals surface area contributed by atoms with Crippen molar-refractivity contribution in [1.29, 1.82) is 0 Å². The average molecular weight is 419 g/mol. The Morgan fingerprint density at radius 1 is 1.06 bits per heavy atom. The highest BCUT2D eigenvalue weighted by Gasteiger charge is 2.20. The second-order valence-electron chi connectivity index (χ2n) is 8.24. The highest BCUT2D eigenvalue weighted by atomic mass is 19.1. The van der Waals surface area contributed by atoms with Gasteiger partial charge in [-0.25, -0.2) is 4.39 Å². The van der Waals surface area contributed by atoms with Gasteiger partial charge in [-0.1, -0.05) is 30.3 Å². The lowest BCUT2D eigenvalue weighted by atomic mass is 9.96. The lowest BCUT2D eigenvalue weighted by Gasteiger charge is -2.28. The van der Waals surface area contributed by atoms with Crippen LogP contribution in [0, 0.1) is 5.82 Å². The highest BCUT2D eigenvalue weighted by Crippen LogP contribution is 2.33. The van der Waals surface area contributed by atoms with Crippen molar-refractivity contribution in [3.8, 4) is 11.5 Å². The maximum absolute atomic E-state index is 13.4. The smallest absolute Gasteiger partial charge is 0.126 e. The first kappa shape index (κ1) is 20.0. The predicted octanol–water partition coefficient (Wildman–Crippen LogP) is 4.44. The molecular formula is C26H26FNO3. The molecule has 0 aromatic heterocycles. The van der Waals surface area contributed by atoms with Gasteiger partial charge >= 0.3 is 0 Å². The number of aliphatic hydroxyl groups is 1. The standard InChI is InChI=1S/C26H26FNO3/c27-22-7-6-20-14-19(4-5-21(20)15-22)18-8-11-28(12-9-18)16-23(29)17-31-26-3-1-2-25-24(26)10-13-30-25/h1-8,14-15,23,29H,9-13,16-17H2. The maximum atomic E-state index is 13.4. The van der Waals surface area contributed by atoms with Crippen molar-refractivity contribution >= 4 is 16.3 Å². The Hall–Kier alpha value is -2.89. The minimum absolute atomic E-state index is 0.208. The van der Waals surface area contributed by atoms with Gasteiger partial charge in [0.1, 0.15) is 30.0 Å². The highest BCUT2D eigenvalue weighted by molar-refractivity contribution is 5.86. The van der Waals surface area contributed by atoms with Crippen LogP contribution in [0.4, 0.5) is 4.39 Å². The van der Waals surface area contributed by atoms with E-state index in [0.29, 0.717) is 13.2 Å². The minimum Gasteiger partial charge on any atom is -0.493 e. The zero-order valence-corrected chi connectivity index (χ0v) is 17.4. The molecule has 1 atom stereocenters. The Kier molecular flexibility index (Phi) is 5.62. The largest absolute Gasteiger partial charge is 0.493 e. The summed E-state index contributed by atoms with van der Waals surface area (Å²) in [7, 11) is 0. The van der Waals surface area contributed by atoms with Crippen molar-refractivity contribution in [3.63, 3.8) is 0 Å². The third-order valence-corrected chi connectivity index (χ3v) is 6.07. The molecule has 5 rings (SSSR count). The van der Waals surface area contributed by atoms with E-state index in [1.165, 1.54) is 17.2 Å². The zero-order valence-electron chi connectivity index (χ0n) is 17.4. The first-order valence-corrected chi connectivity index (χ1v) is 10.8. The molecule has 31 heavy (non-hydrogen) atoms. The second kappa shape index (κ2) is 8.69. The summed E-state index contributed by atoms with van der Waals surface area (Å²) < 4.78 is 24.9. The molecule has 0 fully saturated rings. The van der Waals surface area contributed by atoms with Crippen molar-refractivity contribution in [2.45, 2.75) is 18.9 Å². The topological polar surface area (TPSA) is 41.9 Å². The molecule has 5 heteroatoms. The van der Waals surface area contributed by atoms with Gasteiger partial charge in [0.2, 0.25) is 0 Å². The van der Waals surface area contributed by atoms with Gasteiger partial charge in [0, 0.05) is 31.6 Å². The predicted molar refractivity (Wildman–Crippen MR) is 120 cm³/mol. The van der Waals surface area contributed by atoms with Crippen LogP contribution in [0.5, 0.6) is 11.5 Å². The van der Waals surface area contributed by atoms with E-state index in [-0.39, 0.29) is 12.4 Å². The van der Waals surface area contributed by atoms with E-state index in [1.54, 1.807) is 6.07 Å². The number of hydrogen-bond donors (Lipinski definition) is 1. The van der Waals surface area contributed by atoms with E-state index in [0.717, 1.165) is 53.8 Å². The number of nitrogens with zero attached hydrogens (tertiary/aromatic N) is 1. The van der Waals surface area contributed by atoms with Crippen molar-refractivity contribution in [1.82, 2.24) is 4.90 Å². The molecule has 0 saturated heterocycles. The molecule has 3 aromatic carbocycles. The van der Waals surface area contributed by atoms with Gasteiger partial charge in [0.15, 0.2) is 0 Å². The van der Waals surface area contributed by atoms with Gasteiger partial charge in [-0.05, 0) is 58.7 Å². The number of β-amino-alcohol motifs (C(OH)–C–C–N with tert-alkyl or cyclic N) is 1. The Morgan fingerprint density at radius 2 is 1.94 bits per heavy atom. The van der Waals surface area contributed by atoms with Crippen LogP contribution in [-0.4, -0.2) is 49.0 Å². The van der Waals surface area contributed by atoms with Crippen LogP contribution in [0.3, 0.4) is 0 Å². The summed E-state index contributed by atoms with van der Waals surface area (Å²) in [6, 6.07) is 16.9. The molecular weight excluding hydrogens is 393 g/mol. The van der Waals surface area contributed by atoms with Crippen molar-refractivity contribution in [2.75, 3.05) is 32.8 Å². The maximum Gasteiger partial charge on any atom is 0.126 e. The third-order valence-electron chi connectivity index (χ3n) is 6.07. The molecule has 0 saturated carbocycles. The number of aliphatic hydroxyl groups excluding tert-OH is 1. The first-order valence-electron chi connectivity index (χ1n) is 10.8. The summed E-state index contributed by atoms with van der Waals surface area (Å²) in [5, 5.41) is 12.5. The van der Waals surface area contributed by atoms with Crippen molar-refractivity contribution in [3.05, 3.63) is 77.6 Å². The van der Waals surface area contributed by atoms with Crippen LogP contribution in [0.25, 0.3) is 16.3 Å². The summed E-state index contributed by atoms with van der Waals surface area (Å²) in [5.74, 6) is 1.49. The summed E-state index contributed by atoms with van der Waals surface area (Å²) in [6.45, 7) is 3.22. The van der Waals surface area contributed by atoms with E-state index in [4.69, 9.17) is 9.47 Å². The fourth-order valence-electron chi connectivity index (χ4n) is 4.42. The van der Waals surface area contributed by atoms with Gasteiger partial charge in [-0.15, -0.1) is 0 Å². The van der Waals surface area contributed by atoms with Crippen LogP contribution in [-0.2, 0) is 6.42 Å². The number of fused-ring (bicyclic) bond motifs is 2. The van der Waals surface area contributed by atoms with Crippen LogP contribution >= 0.6 is 0 Å². The van der Waals surface area contributed by atoms with Gasteiger partial charge in [-0.3, -0.25) is 4.90 Å². The lowest BCUT2D eigenvalue weighted by molar-refractivity contribution is 0.0714. The molecule has 0 spiro atoms. The Balaban J connectivity index is 1.17. The van der Waals surface area contributed by atoms with Gasteiger partial charge in [0.05, 0.1) is 6.61 Å². The quantitative estimate of drug-likeness (QED) is 0.641. The summed E-state index contributed by atoms with van der Waals surface area (Å²) in [6.07, 6.45) is 3.45. The number of ether oxygens (including phenoxy) is 2. The van der Waals surface area contributed by atoms with Gasteiger partial charge < -0.3 is 14.6 Å². The normalized spacial score (nSPS) is 17.2. The first-order chi connectivity index (χ1) is 15.2. The number of rotatable bonds is 6. The molecule has 2 heterocycles.